The Hall–Kier alpha value is -0.290. The maximum absolute atomic E-state index is 12.0. The van der Waals surface area contributed by atoms with Crippen LogP contribution in [0.1, 0.15) is 34.1 Å². The van der Waals surface area contributed by atoms with E-state index in [0.29, 0.717) is 12.5 Å². The van der Waals surface area contributed by atoms with Crippen LogP contribution in [0, 0.1) is 5.92 Å². The highest BCUT2D eigenvalue weighted by atomic mass is 19.4. The average Bonchev–Trinajstić information content (AvgIpc) is 2.09. The van der Waals surface area contributed by atoms with Gasteiger partial charge < -0.3 is 10.2 Å². The van der Waals surface area contributed by atoms with Crippen molar-refractivity contribution in [3.8, 4) is 0 Å². The first-order valence-electron chi connectivity index (χ1n) is 6.00. The Labute approximate surface area is 103 Å². The summed E-state index contributed by atoms with van der Waals surface area (Å²) >= 11 is 0. The van der Waals surface area contributed by atoms with Crippen LogP contribution < -0.4 is 5.32 Å². The van der Waals surface area contributed by atoms with Crippen LogP contribution in [0.5, 0.6) is 0 Å². The van der Waals surface area contributed by atoms with E-state index < -0.39 is 12.6 Å². The topological polar surface area (TPSA) is 15.3 Å². The normalized spacial score (nSPS) is 15.4. The predicted molar refractivity (Wildman–Crippen MR) is 65.1 cm³/mol. The second-order valence-corrected chi connectivity index (χ2v) is 5.86. The molecule has 0 saturated heterocycles. The van der Waals surface area contributed by atoms with Crippen molar-refractivity contribution < 1.29 is 13.2 Å². The van der Waals surface area contributed by atoms with Gasteiger partial charge in [0.25, 0.3) is 0 Å². The SMILES string of the molecule is CC(CNC(C)(C)C)CN(C)CCC(F)(F)F. The summed E-state index contributed by atoms with van der Waals surface area (Å²) in [6.07, 6.45) is -4.79. The standard InChI is InChI=1S/C12H25F3N2/c1-10(8-16-11(2,3)4)9-17(5)7-6-12(13,14)15/h10,16H,6-9H2,1-5H3. The van der Waals surface area contributed by atoms with Crippen LogP contribution >= 0.6 is 0 Å². The highest BCUT2D eigenvalue weighted by molar-refractivity contribution is 4.73. The first-order chi connectivity index (χ1) is 7.49. The molecule has 0 rings (SSSR count). The number of nitrogens with one attached hydrogen (secondary N) is 1. The van der Waals surface area contributed by atoms with Gasteiger partial charge in [0.15, 0.2) is 0 Å². The number of hydrogen-bond acceptors (Lipinski definition) is 2. The molecule has 0 radical (unpaired) electrons. The van der Waals surface area contributed by atoms with Crippen LogP contribution in [0.3, 0.4) is 0 Å². The van der Waals surface area contributed by atoms with Crippen LogP contribution in [-0.2, 0) is 0 Å². The van der Waals surface area contributed by atoms with Crippen LogP contribution in [0.15, 0.2) is 0 Å². The average molecular weight is 254 g/mol. The van der Waals surface area contributed by atoms with Gasteiger partial charge in [-0.1, -0.05) is 6.92 Å². The summed E-state index contributed by atoms with van der Waals surface area (Å²) in [4.78, 5) is 1.74. The van der Waals surface area contributed by atoms with Gasteiger partial charge in [-0.15, -0.1) is 0 Å². The Bertz CT molecular complexity index is 187. The lowest BCUT2D eigenvalue weighted by atomic mass is 10.1. The van der Waals surface area contributed by atoms with Gasteiger partial charge in [-0.2, -0.15) is 13.2 Å². The van der Waals surface area contributed by atoms with E-state index in [0.717, 1.165) is 6.54 Å². The van der Waals surface area contributed by atoms with E-state index in [9.17, 15) is 13.2 Å². The summed E-state index contributed by atoms with van der Waals surface area (Å²) in [5.41, 5.74) is 0.0544. The third-order valence-corrected chi connectivity index (χ3v) is 2.38. The molecule has 0 aromatic rings. The minimum Gasteiger partial charge on any atom is -0.312 e. The molecule has 0 aliphatic heterocycles. The van der Waals surface area contributed by atoms with Crippen LogP contribution in [0.4, 0.5) is 13.2 Å². The zero-order chi connectivity index (χ0) is 13.7. The third kappa shape index (κ3) is 12.0. The Morgan fingerprint density at radius 1 is 1.18 bits per heavy atom. The molecule has 0 amide bonds. The van der Waals surface area contributed by atoms with Gasteiger partial charge in [-0.25, -0.2) is 0 Å². The fourth-order valence-electron chi connectivity index (χ4n) is 1.49. The van der Waals surface area contributed by atoms with Gasteiger partial charge in [-0.05, 0) is 40.3 Å². The van der Waals surface area contributed by atoms with Gasteiger partial charge in [-0.3, -0.25) is 0 Å². The number of alkyl halides is 3. The maximum atomic E-state index is 12.0. The molecular weight excluding hydrogens is 229 g/mol. The second kappa shape index (κ2) is 6.59. The molecule has 0 aliphatic rings. The minimum absolute atomic E-state index is 0.0544. The summed E-state index contributed by atoms with van der Waals surface area (Å²) in [6, 6.07) is 0. The van der Waals surface area contributed by atoms with E-state index in [1.807, 2.05) is 6.92 Å². The van der Waals surface area contributed by atoms with Crippen LogP contribution in [0.2, 0.25) is 0 Å². The van der Waals surface area contributed by atoms with Crippen molar-refractivity contribution in [2.75, 3.05) is 26.7 Å². The maximum Gasteiger partial charge on any atom is 0.390 e. The molecule has 0 aliphatic carbocycles. The summed E-state index contributed by atoms with van der Waals surface area (Å²) in [5, 5.41) is 3.35. The fraction of sp³-hybridized carbons (Fsp3) is 1.00. The molecule has 0 aromatic carbocycles. The van der Waals surface area contributed by atoms with Crippen LogP contribution in [-0.4, -0.2) is 43.3 Å². The monoisotopic (exact) mass is 254 g/mol. The number of nitrogens with zero attached hydrogens (tertiary/aromatic N) is 1. The molecule has 0 heterocycles. The molecule has 1 N–H and O–H groups in total. The summed E-state index contributed by atoms with van der Waals surface area (Å²) in [6.45, 7) is 9.85. The number of rotatable bonds is 6. The summed E-state index contributed by atoms with van der Waals surface area (Å²) in [7, 11) is 1.74. The molecule has 1 unspecified atom stereocenters. The smallest absolute Gasteiger partial charge is 0.312 e. The largest absolute Gasteiger partial charge is 0.390 e. The molecule has 0 fully saturated rings. The number of halogens is 3. The van der Waals surface area contributed by atoms with Crippen molar-refractivity contribution in [2.45, 2.75) is 45.8 Å². The molecule has 0 aromatic heterocycles. The Kier molecular flexibility index (Phi) is 6.48. The van der Waals surface area contributed by atoms with Gasteiger partial charge in [0.1, 0.15) is 0 Å². The predicted octanol–water partition coefficient (Wildman–Crippen LogP) is 2.89. The molecule has 2 nitrogen and oxygen atoms in total. The molecule has 104 valence electrons. The van der Waals surface area contributed by atoms with E-state index in [4.69, 9.17) is 0 Å². The van der Waals surface area contributed by atoms with Gasteiger partial charge >= 0.3 is 6.18 Å². The summed E-state index contributed by atoms with van der Waals surface area (Å²) in [5.74, 6) is 0.340. The van der Waals surface area contributed by atoms with E-state index in [1.54, 1.807) is 11.9 Å². The molecule has 1 atom stereocenters. The third-order valence-electron chi connectivity index (χ3n) is 2.38. The van der Waals surface area contributed by atoms with Crippen molar-refractivity contribution in [1.29, 1.82) is 0 Å². The first kappa shape index (κ1) is 16.7. The Morgan fingerprint density at radius 3 is 2.12 bits per heavy atom. The van der Waals surface area contributed by atoms with Crippen molar-refractivity contribution >= 4 is 0 Å². The molecule has 0 bridgehead atoms. The lowest BCUT2D eigenvalue weighted by molar-refractivity contribution is -0.137. The van der Waals surface area contributed by atoms with Crippen molar-refractivity contribution in [3.63, 3.8) is 0 Å². The zero-order valence-corrected chi connectivity index (χ0v) is 11.5. The molecular formula is C12H25F3N2. The lowest BCUT2D eigenvalue weighted by Crippen LogP contribution is -2.41. The highest BCUT2D eigenvalue weighted by Crippen LogP contribution is 2.19. The van der Waals surface area contributed by atoms with Crippen molar-refractivity contribution in [2.24, 2.45) is 5.92 Å². The highest BCUT2D eigenvalue weighted by Gasteiger charge is 2.27. The van der Waals surface area contributed by atoms with Crippen molar-refractivity contribution in [1.82, 2.24) is 10.2 Å². The molecule has 0 spiro atoms. The van der Waals surface area contributed by atoms with Gasteiger partial charge in [0.2, 0.25) is 0 Å². The first-order valence-corrected chi connectivity index (χ1v) is 6.00. The van der Waals surface area contributed by atoms with E-state index in [-0.39, 0.29) is 12.1 Å². The van der Waals surface area contributed by atoms with E-state index >= 15 is 0 Å². The molecule has 5 heteroatoms. The minimum atomic E-state index is -4.05. The van der Waals surface area contributed by atoms with E-state index in [2.05, 4.69) is 26.1 Å². The van der Waals surface area contributed by atoms with Crippen LogP contribution in [0.25, 0.3) is 0 Å². The fourth-order valence-corrected chi connectivity index (χ4v) is 1.49. The second-order valence-electron chi connectivity index (χ2n) is 5.86. The lowest BCUT2D eigenvalue weighted by Gasteiger charge is -2.26. The molecule has 17 heavy (non-hydrogen) atoms. The Morgan fingerprint density at radius 2 is 1.71 bits per heavy atom. The van der Waals surface area contributed by atoms with Gasteiger partial charge in [0.05, 0.1) is 6.42 Å². The van der Waals surface area contributed by atoms with Gasteiger partial charge in [0, 0.05) is 18.6 Å². The Balaban J connectivity index is 3.77. The van der Waals surface area contributed by atoms with Crippen molar-refractivity contribution in [3.05, 3.63) is 0 Å². The quantitative estimate of drug-likeness (QED) is 0.784. The summed E-state index contributed by atoms with van der Waals surface area (Å²) < 4.78 is 36.1. The zero-order valence-electron chi connectivity index (χ0n) is 11.5. The molecule has 0 saturated carbocycles. The number of hydrogen-bond donors (Lipinski definition) is 1. The van der Waals surface area contributed by atoms with E-state index in [1.165, 1.54) is 0 Å².